The lowest BCUT2D eigenvalue weighted by atomic mass is 9.87. The molecule has 2 nitrogen and oxygen atoms in total. The van der Waals surface area contributed by atoms with Gasteiger partial charge in [-0.25, -0.2) is 0 Å². The van der Waals surface area contributed by atoms with Crippen LogP contribution in [0.5, 0.6) is 0 Å². The smallest absolute Gasteiger partial charge is 0.0516 e. The second kappa shape index (κ2) is 4.96. The van der Waals surface area contributed by atoms with Gasteiger partial charge in [-0.05, 0) is 61.1 Å². The highest BCUT2D eigenvalue weighted by Gasteiger charge is 2.19. The molecule has 2 heteroatoms. The predicted octanol–water partition coefficient (Wildman–Crippen LogP) is 4.07. The molecule has 98 valence electrons. The first-order valence-corrected chi connectivity index (χ1v) is 6.94. The third-order valence-electron chi connectivity index (χ3n) is 3.98. The summed E-state index contributed by atoms with van der Waals surface area (Å²) in [6, 6.07) is 15.4. The van der Waals surface area contributed by atoms with Crippen molar-refractivity contribution in [3.63, 3.8) is 0 Å². The zero-order valence-corrected chi connectivity index (χ0v) is 11.3. The van der Waals surface area contributed by atoms with Crippen LogP contribution >= 0.6 is 0 Å². The number of rotatable bonds is 2. The molecule has 0 radical (unpaired) electrons. The van der Waals surface area contributed by atoms with E-state index in [1.54, 1.807) is 0 Å². The van der Waals surface area contributed by atoms with Crippen LogP contribution in [0.25, 0.3) is 0 Å². The molecule has 2 aromatic carbocycles. The molecule has 0 heterocycles. The first kappa shape index (κ1) is 12.1. The van der Waals surface area contributed by atoms with Crippen LogP contribution in [0.2, 0.25) is 0 Å². The van der Waals surface area contributed by atoms with Gasteiger partial charge in [-0.2, -0.15) is 0 Å². The van der Waals surface area contributed by atoms with E-state index in [4.69, 9.17) is 5.73 Å². The van der Waals surface area contributed by atoms with Gasteiger partial charge in [0.25, 0.3) is 0 Å². The summed E-state index contributed by atoms with van der Waals surface area (Å²) in [4.78, 5) is 0. The van der Waals surface area contributed by atoms with Crippen molar-refractivity contribution in [3.05, 3.63) is 59.2 Å². The minimum absolute atomic E-state index is 0.424. The number of nitrogens with one attached hydrogen (secondary N) is 1. The van der Waals surface area contributed by atoms with Crippen LogP contribution in [0.4, 0.5) is 11.4 Å². The van der Waals surface area contributed by atoms with Gasteiger partial charge in [-0.15, -0.1) is 0 Å². The molecule has 1 aliphatic carbocycles. The van der Waals surface area contributed by atoms with Gasteiger partial charge in [0.15, 0.2) is 0 Å². The molecule has 0 saturated carbocycles. The van der Waals surface area contributed by atoms with E-state index in [1.165, 1.54) is 30.4 Å². The normalized spacial score (nSPS) is 17.8. The second-order valence-corrected chi connectivity index (χ2v) is 5.36. The van der Waals surface area contributed by atoms with Crippen molar-refractivity contribution in [3.8, 4) is 0 Å². The van der Waals surface area contributed by atoms with Gasteiger partial charge >= 0.3 is 0 Å². The third-order valence-corrected chi connectivity index (χ3v) is 3.98. The van der Waals surface area contributed by atoms with Gasteiger partial charge in [0, 0.05) is 11.4 Å². The van der Waals surface area contributed by atoms with Crippen molar-refractivity contribution in [1.82, 2.24) is 0 Å². The Balaban J connectivity index is 1.86. The molecular formula is C17H20N2. The predicted molar refractivity (Wildman–Crippen MR) is 81.3 cm³/mol. The Morgan fingerprint density at radius 3 is 2.84 bits per heavy atom. The number of anilines is 2. The molecule has 1 unspecified atom stereocenters. The minimum atomic E-state index is 0.424. The molecule has 3 rings (SSSR count). The Morgan fingerprint density at radius 1 is 1.16 bits per heavy atom. The fraction of sp³-hybridized carbons (Fsp3) is 0.294. The molecule has 3 N–H and O–H groups in total. The van der Waals surface area contributed by atoms with E-state index in [-0.39, 0.29) is 0 Å². The molecule has 0 amide bonds. The van der Waals surface area contributed by atoms with Crippen LogP contribution in [-0.4, -0.2) is 0 Å². The van der Waals surface area contributed by atoms with Crippen molar-refractivity contribution >= 4 is 11.4 Å². The fourth-order valence-electron chi connectivity index (χ4n) is 2.87. The van der Waals surface area contributed by atoms with Crippen LogP contribution in [0.1, 0.15) is 35.6 Å². The van der Waals surface area contributed by atoms with E-state index in [1.807, 2.05) is 6.07 Å². The Bertz CT molecular complexity index is 590. The first-order valence-electron chi connectivity index (χ1n) is 6.94. The quantitative estimate of drug-likeness (QED) is 0.791. The molecule has 0 aliphatic heterocycles. The number of nitrogens with two attached hydrogens (primary N) is 1. The molecular weight excluding hydrogens is 232 g/mol. The van der Waals surface area contributed by atoms with Crippen molar-refractivity contribution in [2.45, 2.75) is 32.2 Å². The van der Waals surface area contributed by atoms with Gasteiger partial charge in [0.2, 0.25) is 0 Å². The highest BCUT2D eigenvalue weighted by molar-refractivity contribution is 5.57. The summed E-state index contributed by atoms with van der Waals surface area (Å²) in [5, 5.41) is 3.65. The lowest BCUT2D eigenvalue weighted by Crippen LogP contribution is -2.17. The van der Waals surface area contributed by atoms with E-state index in [2.05, 4.69) is 48.6 Å². The highest BCUT2D eigenvalue weighted by atomic mass is 14.9. The Hall–Kier alpha value is -1.96. The Morgan fingerprint density at radius 2 is 2.00 bits per heavy atom. The zero-order chi connectivity index (χ0) is 13.2. The molecule has 2 aromatic rings. The summed E-state index contributed by atoms with van der Waals surface area (Å²) >= 11 is 0. The molecule has 0 bridgehead atoms. The zero-order valence-electron chi connectivity index (χ0n) is 11.3. The van der Waals surface area contributed by atoms with Crippen LogP contribution in [-0.2, 0) is 6.42 Å². The summed E-state index contributed by atoms with van der Waals surface area (Å²) in [6.07, 6.45) is 3.65. The van der Waals surface area contributed by atoms with E-state index >= 15 is 0 Å². The van der Waals surface area contributed by atoms with Crippen LogP contribution in [0, 0.1) is 6.92 Å². The van der Waals surface area contributed by atoms with Gasteiger partial charge in [0.05, 0.1) is 6.04 Å². The van der Waals surface area contributed by atoms with Crippen molar-refractivity contribution < 1.29 is 0 Å². The lowest BCUT2D eigenvalue weighted by molar-refractivity contribution is 0.600. The summed E-state index contributed by atoms with van der Waals surface area (Å²) in [6.45, 7) is 2.05. The third kappa shape index (κ3) is 2.43. The van der Waals surface area contributed by atoms with Gasteiger partial charge in [-0.1, -0.05) is 24.3 Å². The van der Waals surface area contributed by atoms with E-state index in [0.717, 1.165) is 16.9 Å². The number of benzene rings is 2. The monoisotopic (exact) mass is 252 g/mol. The van der Waals surface area contributed by atoms with Crippen molar-refractivity contribution in [2.24, 2.45) is 0 Å². The standard InChI is InChI=1S/C17H20N2/c1-12-11-14(9-10-16(12)18)19-17-8-4-6-13-5-2-3-7-15(13)17/h2-3,5,7,9-11,17,19H,4,6,8,18H2,1H3. The van der Waals surface area contributed by atoms with E-state index in [9.17, 15) is 0 Å². The maximum absolute atomic E-state index is 5.87. The number of nitrogen functional groups attached to an aromatic ring is 1. The van der Waals surface area contributed by atoms with Crippen molar-refractivity contribution in [2.75, 3.05) is 11.1 Å². The largest absolute Gasteiger partial charge is 0.399 e. The SMILES string of the molecule is Cc1cc(NC2CCCc3ccccc32)ccc1N. The number of hydrogen-bond acceptors (Lipinski definition) is 2. The van der Waals surface area contributed by atoms with Crippen LogP contribution in [0.3, 0.4) is 0 Å². The molecule has 19 heavy (non-hydrogen) atoms. The summed E-state index contributed by atoms with van der Waals surface area (Å²) < 4.78 is 0. The van der Waals surface area contributed by atoms with E-state index < -0.39 is 0 Å². The average Bonchev–Trinajstić information content (AvgIpc) is 2.43. The molecule has 0 spiro atoms. The summed E-state index contributed by atoms with van der Waals surface area (Å²) in [5.74, 6) is 0. The first-order chi connectivity index (χ1) is 9.24. The number of fused-ring (bicyclic) bond motifs is 1. The molecule has 0 fully saturated rings. The number of aryl methyl sites for hydroxylation is 2. The second-order valence-electron chi connectivity index (χ2n) is 5.36. The molecule has 1 atom stereocenters. The van der Waals surface area contributed by atoms with Gasteiger partial charge in [0.1, 0.15) is 0 Å². The average molecular weight is 252 g/mol. The minimum Gasteiger partial charge on any atom is -0.399 e. The lowest BCUT2D eigenvalue weighted by Gasteiger charge is -2.27. The van der Waals surface area contributed by atoms with E-state index in [0.29, 0.717) is 6.04 Å². The fourth-order valence-corrected chi connectivity index (χ4v) is 2.87. The summed E-state index contributed by atoms with van der Waals surface area (Å²) in [5.41, 5.74) is 12.0. The molecule has 0 aromatic heterocycles. The maximum atomic E-state index is 5.87. The number of hydrogen-bond donors (Lipinski definition) is 2. The van der Waals surface area contributed by atoms with Crippen LogP contribution < -0.4 is 11.1 Å². The molecule has 0 saturated heterocycles. The highest BCUT2D eigenvalue weighted by Crippen LogP contribution is 2.32. The van der Waals surface area contributed by atoms with Gasteiger partial charge < -0.3 is 11.1 Å². The van der Waals surface area contributed by atoms with Gasteiger partial charge in [-0.3, -0.25) is 0 Å². The van der Waals surface area contributed by atoms with Crippen molar-refractivity contribution in [1.29, 1.82) is 0 Å². The Kier molecular flexibility index (Phi) is 3.16. The van der Waals surface area contributed by atoms with Crippen LogP contribution in [0.15, 0.2) is 42.5 Å². The topological polar surface area (TPSA) is 38.0 Å². The molecule has 1 aliphatic rings. The Labute approximate surface area is 114 Å². The maximum Gasteiger partial charge on any atom is 0.0516 e. The summed E-state index contributed by atoms with van der Waals surface area (Å²) in [7, 11) is 0.